The Morgan fingerprint density at radius 2 is 1.39 bits per heavy atom. The van der Waals surface area contributed by atoms with E-state index in [-0.39, 0.29) is 30.3 Å². The number of carbonyl (C=O) groups is 3. The first-order chi connectivity index (χ1) is 24.9. The number of aromatic nitrogens is 7. The van der Waals surface area contributed by atoms with Gasteiger partial charge in [0, 0.05) is 32.1 Å². The predicted octanol–water partition coefficient (Wildman–Crippen LogP) is 5.35. The number of aromatic amines is 3. The molecule has 5 aromatic rings. The lowest BCUT2D eigenvalue weighted by atomic mass is 10.0. The zero-order chi connectivity index (χ0) is 35.3. The molecule has 5 heterocycles. The van der Waals surface area contributed by atoms with Crippen LogP contribution in [-0.4, -0.2) is 89.3 Å². The number of carbonyl (C=O) groups excluding carboxylic acids is 3. The Bertz CT molecular complexity index is 1950. The molecule has 0 spiro atoms. The maximum atomic E-state index is 13.7. The summed E-state index contributed by atoms with van der Waals surface area (Å²) in [6, 6.07) is 15.5. The Labute approximate surface area is 295 Å². The third-order valence-corrected chi connectivity index (χ3v) is 9.78. The predicted molar refractivity (Wildman–Crippen MR) is 189 cm³/mol. The summed E-state index contributed by atoms with van der Waals surface area (Å²) in [4.78, 5) is 58.4. The summed E-state index contributed by atoms with van der Waals surface area (Å²) in [7, 11) is 1.26. The van der Waals surface area contributed by atoms with Crippen molar-refractivity contribution in [1.82, 2.24) is 50.5 Å². The molecule has 0 aliphatic carbocycles. The SMILES string of the molecule is CCCC(=O)N1CCC[C@H]1c1ncc(-c2ccc(-c3ccc(-c4cnc([C@@H]5CCCN5C(=O)[C@H](Cc5c[nH]nn5)NC(=O)OC)[nH]4)cc3)cc2)[nH]1. The molecule has 264 valence electrons. The molecule has 3 atom stereocenters. The fraction of sp³-hybridized carbons (Fsp3) is 0.378. The Kier molecular flexibility index (Phi) is 9.90. The van der Waals surface area contributed by atoms with Gasteiger partial charge in [-0.3, -0.25) is 14.7 Å². The highest BCUT2D eigenvalue weighted by Gasteiger charge is 2.37. The van der Waals surface area contributed by atoms with Crippen molar-refractivity contribution in [1.29, 1.82) is 0 Å². The monoisotopic (exact) mass is 690 g/mol. The van der Waals surface area contributed by atoms with Gasteiger partial charge in [0.05, 0.1) is 48.7 Å². The van der Waals surface area contributed by atoms with E-state index in [0.29, 0.717) is 24.5 Å². The van der Waals surface area contributed by atoms with Crippen molar-refractivity contribution >= 4 is 17.9 Å². The van der Waals surface area contributed by atoms with E-state index < -0.39 is 12.1 Å². The molecule has 7 rings (SSSR count). The molecule has 2 aliphatic rings. The van der Waals surface area contributed by atoms with E-state index in [4.69, 9.17) is 4.74 Å². The number of nitrogens with zero attached hydrogens (tertiary/aromatic N) is 6. The lowest BCUT2D eigenvalue weighted by Crippen LogP contribution is -2.49. The molecule has 0 radical (unpaired) electrons. The van der Waals surface area contributed by atoms with Gasteiger partial charge in [-0.05, 0) is 54.4 Å². The molecule has 3 aromatic heterocycles. The number of likely N-dealkylation sites (tertiary alicyclic amines) is 2. The summed E-state index contributed by atoms with van der Waals surface area (Å²) in [5.41, 5.74) is 6.52. The first kappa shape index (κ1) is 33.7. The van der Waals surface area contributed by atoms with Gasteiger partial charge in [-0.2, -0.15) is 0 Å². The van der Waals surface area contributed by atoms with Crippen LogP contribution in [0, 0.1) is 0 Å². The molecule has 14 nitrogen and oxygen atoms in total. The Morgan fingerprint density at radius 1 is 0.843 bits per heavy atom. The van der Waals surface area contributed by atoms with Crippen LogP contribution >= 0.6 is 0 Å². The number of imidazole rings is 2. The highest BCUT2D eigenvalue weighted by atomic mass is 16.5. The molecule has 3 amide bonds. The summed E-state index contributed by atoms with van der Waals surface area (Å²) in [6.45, 7) is 3.37. The van der Waals surface area contributed by atoms with Gasteiger partial charge in [0.2, 0.25) is 11.8 Å². The van der Waals surface area contributed by atoms with Gasteiger partial charge in [-0.1, -0.05) is 60.7 Å². The minimum absolute atomic E-state index is 0.0136. The third-order valence-electron chi connectivity index (χ3n) is 9.78. The normalized spacial score (nSPS) is 17.8. The van der Waals surface area contributed by atoms with Crippen LogP contribution in [-0.2, 0) is 20.7 Å². The molecule has 2 fully saturated rings. The van der Waals surface area contributed by atoms with E-state index in [1.165, 1.54) is 7.11 Å². The molecule has 51 heavy (non-hydrogen) atoms. The fourth-order valence-corrected chi connectivity index (χ4v) is 7.15. The second-order valence-electron chi connectivity index (χ2n) is 13.1. The smallest absolute Gasteiger partial charge is 0.407 e. The van der Waals surface area contributed by atoms with E-state index in [2.05, 4.69) is 89.2 Å². The van der Waals surface area contributed by atoms with Gasteiger partial charge in [-0.15, -0.1) is 5.10 Å². The van der Waals surface area contributed by atoms with Gasteiger partial charge >= 0.3 is 6.09 Å². The second-order valence-corrected chi connectivity index (χ2v) is 13.1. The number of methoxy groups -OCH3 is 1. The minimum Gasteiger partial charge on any atom is -0.453 e. The van der Waals surface area contributed by atoms with Gasteiger partial charge < -0.3 is 29.8 Å². The van der Waals surface area contributed by atoms with Gasteiger partial charge in [0.1, 0.15) is 17.7 Å². The van der Waals surface area contributed by atoms with E-state index in [9.17, 15) is 14.4 Å². The summed E-state index contributed by atoms with van der Waals surface area (Å²) >= 11 is 0. The van der Waals surface area contributed by atoms with Crippen LogP contribution in [0.1, 0.15) is 74.9 Å². The van der Waals surface area contributed by atoms with E-state index in [1.54, 1.807) is 17.3 Å². The van der Waals surface area contributed by atoms with Crippen LogP contribution in [0.2, 0.25) is 0 Å². The Hall–Kier alpha value is -5.79. The van der Waals surface area contributed by atoms with Crippen LogP contribution in [0.4, 0.5) is 4.79 Å². The summed E-state index contributed by atoms with van der Waals surface area (Å²) in [6.07, 6.45) is 9.65. The highest BCUT2D eigenvalue weighted by Crippen LogP contribution is 2.34. The number of H-pyrrole nitrogens is 3. The number of ether oxygens (including phenoxy) is 1. The maximum Gasteiger partial charge on any atom is 0.407 e. The van der Waals surface area contributed by atoms with Crippen molar-refractivity contribution in [2.45, 2.75) is 70.0 Å². The summed E-state index contributed by atoms with van der Waals surface area (Å²) < 4.78 is 4.77. The van der Waals surface area contributed by atoms with Crippen LogP contribution in [0.5, 0.6) is 0 Å². The number of benzene rings is 2. The van der Waals surface area contributed by atoms with E-state index in [0.717, 1.165) is 78.1 Å². The lowest BCUT2D eigenvalue weighted by Gasteiger charge is -2.27. The largest absolute Gasteiger partial charge is 0.453 e. The number of rotatable bonds is 11. The topological polar surface area (TPSA) is 178 Å². The highest BCUT2D eigenvalue weighted by molar-refractivity contribution is 5.86. The Morgan fingerprint density at radius 3 is 1.92 bits per heavy atom. The zero-order valence-electron chi connectivity index (χ0n) is 28.8. The molecular weight excluding hydrogens is 648 g/mol. The van der Waals surface area contributed by atoms with E-state index >= 15 is 0 Å². The molecule has 2 saturated heterocycles. The van der Waals surface area contributed by atoms with Crippen molar-refractivity contribution < 1.29 is 19.1 Å². The van der Waals surface area contributed by atoms with Crippen LogP contribution in [0.25, 0.3) is 33.6 Å². The molecule has 14 heteroatoms. The maximum absolute atomic E-state index is 13.7. The molecule has 0 unspecified atom stereocenters. The van der Waals surface area contributed by atoms with Crippen molar-refractivity contribution in [2.75, 3.05) is 20.2 Å². The van der Waals surface area contributed by atoms with Crippen molar-refractivity contribution in [3.8, 4) is 33.6 Å². The molecular formula is C37H42N10O4. The molecule has 0 bridgehead atoms. The van der Waals surface area contributed by atoms with E-state index in [1.807, 2.05) is 18.0 Å². The average molecular weight is 691 g/mol. The van der Waals surface area contributed by atoms with Crippen LogP contribution in [0.3, 0.4) is 0 Å². The van der Waals surface area contributed by atoms with Crippen molar-refractivity contribution in [2.24, 2.45) is 0 Å². The van der Waals surface area contributed by atoms with Crippen LogP contribution < -0.4 is 5.32 Å². The lowest BCUT2D eigenvalue weighted by molar-refractivity contribution is -0.134. The van der Waals surface area contributed by atoms with Gasteiger partial charge in [0.25, 0.3) is 0 Å². The first-order valence-corrected chi connectivity index (χ1v) is 17.5. The summed E-state index contributed by atoms with van der Waals surface area (Å²) in [5, 5.41) is 13.0. The van der Waals surface area contributed by atoms with Crippen molar-refractivity contribution in [3.05, 3.63) is 84.5 Å². The van der Waals surface area contributed by atoms with Crippen molar-refractivity contribution in [3.63, 3.8) is 0 Å². The fourth-order valence-electron chi connectivity index (χ4n) is 7.15. The Balaban J connectivity index is 1.01. The second kappa shape index (κ2) is 15.0. The van der Waals surface area contributed by atoms with Crippen LogP contribution in [0.15, 0.2) is 67.1 Å². The average Bonchev–Trinajstić information content (AvgIpc) is 4.01. The standard InChI is InChI=1S/C37H42N10O4/c1-3-6-33(48)46-17-4-7-31(46)34-38-21-29(41-34)25-13-9-23(10-14-25)24-11-15-26(16-12-24)30-22-39-35(42-30)32-8-5-18-47(32)36(49)28(43-37(50)51-2)19-27-20-40-45-44-27/h9-16,20-22,28,31-32H,3-8,17-19H2,1-2H3,(H,38,41)(H,39,42)(H,43,50)(H,40,44,45)/t28-,31-,32-/m0/s1. The summed E-state index contributed by atoms with van der Waals surface area (Å²) in [5.74, 6) is 1.52. The number of hydrogen-bond acceptors (Lipinski definition) is 8. The quantitative estimate of drug-likeness (QED) is 0.143. The van der Waals surface area contributed by atoms with Gasteiger partial charge in [-0.25, -0.2) is 14.8 Å². The number of nitrogens with one attached hydrogen (secondary N) is 4. The minimum atomic E-state index is -0.860. The number of hydrogen-bond donors (Lipinski definition) is 4. The molecule has 0 saturated carbocycles. The number of alkyl carbamates (subject to hydrolysis) is 1. The number of amides is 3. The van der Waals surface area contributed by atoms with Gasteiger partial charge in [0.15, 0.2) is 0 Å². The molecule has 2 aliphatic heterocycles. The first-order valence-electron chi connectivity index (χ1n) is 17.5. The molecule has 4 N–H and O–H groups in total. The third kappa shape index (κ3) is 7.25. The zero-order valence-corrected chi connectivity index (χ0v) is 28.8. The molecule has 2 aromatic carbocycles.